The quantitative estimate of drug-likeness (QED) is 0.708. The molecular weight excluding hydrogens is 387 g/mol. The van der Waals surface area contributed by atoms with Crippen LogP contribution in [0.25, 0.3) is 11.4 Å². The summed E-state index contributed by atoms with van der Waals surface area (Å²) >= 11 is 0. The Balaban J connectivity index is 1.52. The third-order valence-electron chi connectivity index (χ3n) is 4.51. The van der Waals surface area contributed by atoms with Crippen molar-refractivity contribution in [3.05, 3.63) is 65.2 Å². The Morgan fingerprint density at radius 1 is 1.14 bits per heavy atom. The first-order valence-electron chi connectivity index (χ1n) is 8.84. The highest BCUT2D eigenvalue weighted by molar-refractivity contribution is 5.69. The summed E-state index contributed by atoms with van der Waals surface area (Å²) in [6.07, 6.45) is -4.41. The maximum absolute atomic E-state index is 12.7. The fourth-order valence-corrected chi connectivity index (χ4v) is 3.07. The fraction of sp³-hybridized carbons (Fsp3) is 0.263. The zero-order valence-corrected chi connectivity index (χ0v) is 15.1. The number of amides is 1. The minimum Gasteiger partial charge on any atom is -0.447 e. The average Bonchev–Trinajstić information content (AvgIpc) is 3.31. The SMILES string of the molecule is O=C1NC(Cn2nnc(-c3ccccc3Cc3ccc(C(F)(F)F)cc3)n2)CO1. The second-order valence-electron chi connectivity index (χ2n) is 6.64. The number of carbonyl (C=O) groups excluding carboxylic acids is 1. The van der Waals surface area contributed by atoms with Crippen molar-refractivity contribution in [1.29, 1.82) is 0 Å². The molecular formula is C19H16F3N5O2. The van der Waals surface area contributed by atoms with Crippen LogP contribution in [0.5, 0.6) is 0 Å². The molecule has 1 aromatic heterocycles. The molecule has 1 saturated heterocycles. The lowest BCUT2D eigenvalue weighted by molar-refractivity contribution is -0.137. The topological polar surface area (TPSA) is 81.9 Å². The van der Waals surface area contributed by atoms with Gasteiger partial charge in [0.05, 0.1) is 18.2 Å². The Morgan fingerprint density at radius 2 is 1.90 bits per heavy atom. The van der Waals surface area contributed by atoms with Crippen LogP contribution in [0.4, 0.5) is 18.0 Å². The van der Waals surface area contributed by atoms with E-state index in [4.69, 9.17) is 4.74 Å². The Hall–Kier alpha value is -3.43. The first kappa shape index (κ1) is 18.9. The zero-order chi connectivity index (χ0) is 20.4. The molecule has 29 heavy (non-hydrogen) atoms. The van der Waals surface area contributed by atoms with E-state index >= 15 is 0 Å². The molecule has 1 amide bonds. The number of ether oxygens (including phenoxy) is 1. The molecule has 1 fully saturated rings. The third-order valence-corrected chi connectivity index (χ3v) is 4.51. The number of halogens is 3. The maximum Gasteiger partial charge on any atom is 0.416 e. The molecule has 1 aliphatic rings. The van der Waals surface area contributed by atoms with E-state index in [1.807, 2.05) is 24.3 Å². The van der Waals surface area contributed by atoms with Crippen LogP contribution < -0.4 is 5.32 Å². The van der Waals surface area contributed by atoms with Crippen molar-refractivity contribution in [3.63, 3.8) is 0 Å². The van der Waals surface area contributed by atoms with Crippen molar-refractivity contribution >= 4 is 6.09 Å². The standard InChI is InChI=1S/C19H16F3N5O2/c20-19(21,22)14-7-5-12(6-8-14)9-13-3-1-2-4-16(13)17-24-26-27(25-17)10-15-11-29-18(28)23-15/h1-8,15H,9-11H2,(H,23,28). The van der Waals surface area contributed by atoms with Gasteiger partial charge in [-0.3, -0.25) is 0 Å². The highest BCUT2D eigenvalue weighted by atomic mass is 19.4. The van der Waals surface area contributed by atoms with Crippen molar-refractivity contribution < 1.29 is 22.7 Å². The molecule has 3 aromatic rings. The van der Waals surface area contributed by atoms with Crippen LogP contribution in [0, 0.1) is 0 Å². The number of alkyl carbamates (subject to hydrolysis) is 1. The van der Waals surface area contributed by atoms with Gasteiger partial charge in [-0.05, 0) is 34.9 Å². The Morgan fingerprint density at radius 3 is 2.59 bits per heavy atom. The molecule has 0 radical (unpaired) electrons. The molecule has 0 spiro atoms. The van der Waals surface area contributed by atoms with Crippen molar-refractivity contribution in [2.45, 2.75) is 25.2 Å². The van der Waals surface area contributed by atoms with Crippen molar-refractivity contribution in [2.75, 3.05) is 6.61 Å². The van der Waals surface area contributed by atoms with Crippen molar-refractivity contribution in [2.24, 2.45) is 0 Å². The molecule has 2 heterocycles. The first-order valence-corrected chi connectivity index (χ1v) is 8.84. The number of cyclic esters (lactones) is 1. The van der Waals surface area contributed by atoms with Gasteiger partial charge < -0.3 is 10.1 Å². The van der Waals surface area contributed by atoms with Gasteiger partial charge in [-0.15, -0.1) is 10.2 Å². The molecule has 2 aromatic carbocycles. The minimum atomic E-state index is -4.36. The van der Waals surface area contributed by atoms with Gasteiger partial charge in [-0.2, -0.15) is 18.0 Å². The second kappa shape index (κ2) is 7.53. The summed E-state index contributed by atoms with van der Waals surface area (Å²) in [5.74, 6) is 0.401. The normalized spacial score (nSPS) is 16.5. The molecule has 0 saturated carbocycles. The predicted molar refractivity (Wildman–Crippen MR) is 95.8 cm³/mol. The molecule has 0 aliphatic carbocycles. The van der Waals surface area contributed by atoms with Crippen LogP contribution in [0.3, 0.4) is 0 Å². The molecule has 1 N–H and O–H groups in total. The molecule has 1 aliphatic heterocycles. The summed E-state index contributed by atoms with van der Waals surface area (Å²) in [4.78, 5) is 12.5. The van der Waals surface area contributed by atoms with Crippen molar-refractivity contribution in [1.82, 2.24) is 25.5 Å². The van der Waals surface area contributed by atoms with E-state index < -0.39 is 17.8 Å². The van der Waals surface area contributed by atoms with Gasteiger partial charge in [0, 0.05) is 5.56 Å². The molecule has 7 nitrogen and oxygen atoms in total. The third kappa shape index (κ3) is 4.36. The van der Waals surface area contributed by atoms with Crippen LogP contribution in [0.2, 0.25) is 0 Å². The van der Waals surface area contributed by atoms with Gasteiger partial charge >= 0.3 is 12.3 Å². The number of aromatic nitrogens is 4. The van der Waals surface area contributed by atoms with E-state index in [2.05, 4.69) is 20.7 Å². The van der Waals surface area contributed by atoms with Crippen LogP contribution in [-0.2, 0) is 23.9 Å². The second-order valence-corrected chi connectivity index (χ2v) is 6.64. The molecule has 1 unspecified atom stereocenters. The van der Waals surface area contributed by atoms with Gasteiger partial charge in [-0.25, -0.2) is 4.79 Å². The summed E-state index contributed by atoms with van der Waals surface area (Å²) in [6.45, 7) is 0.556. The monoisotopic (exact) mass is 403 g/mol. The lowest BCUT2D eigenvalue weighted by Gasteiger charge is -2.09. The summed E-state index contributed by atoms with van der Waals surface area (Å²) in [5.41, 5.74) is 1.67. The predicted octanol–water partition coefficient (Wildman–Crippen LogP) is 3.06. The largest absolute Gasteiger partial charge is 0.447 e. The molecule has 1 atom stereocenters. The summed E-state index contributed by atoms with van der Waals surface area (Å²) < 4.78 is 43.1. The van der Waals surface area contributed by atoms with E-state index in [9.17, 15) is 18.0 Å². The van der Waals surface area contributed by atoms with E-state index in [1.54, 1.807) is 0 Å². The van der Waals surface area contributed by atoms with Crippen LogP contribution in [0.15, 0.2) is 48.5 Å². The molecule has 0 bridgehead atoms. The van der Waals surface area contributed by atoms with Crippen LogP contribution in [-0.4, -0.2) is 38.9 Å². The number of nitrogens with one attached hydrogen (secondary N) is 1. The number of benzene rings is 2. The fourth-order valence-electron chi connectivity index (χ4n) is 3.07. The molecule has 10 heteroatoms. The minimum absolute atomic E-state index is 0.230. The Kier molecular flexibility index (Phi) is 4.91. The highest BCUT2D eigenvalue weighted by Gasteiger charge is 2.30. The lowest BCUT2D eigenvalue weighted by Crippen LogP contribution is -2.31. The lowest BCUT2D eigenvalue weighted by atomic mass is 9.98. The van der Waals surface area contributed by atoms with Gasteiger partial charge in [-0.1, -0.05) is 36.4 Å². The number of carbonyl (C=O) groups is 1. The number of tetrazole rings is 1. The van der Waals surface area contributed by atoms with Gasteiger partial charge in [0.25, 0.3) is 0 Å². The molecule has 150 valence electrons. The number of nitrogens with zero attached hydrogens (tertiary/aromatic N) is 4. The number of hydrogen-bond acceptors (Lipinski definition) is 5. The smallest absolute Gasteiger partial charge is 0.416 e. The Bertz CT molecular complexity index is 1020. The van der Waals surface area contributed by atoms with Gasteiger partial charge in [0.2, 0.25) is 5.82 Å². The number of alkyl halides is 3. The first-order chi connectivity index (χ1) is 13.9. The van der Waals surface area contributed by atoms with Crippen molar-refractivity contribution in [3.8, 4) is 11.4 Å². The zero-order valence-electron chi connectivity index (χ0n) is 15.1. The van der Waals surface area contributed by atoms with Gasteiger partial charge in [0.15, 0.2) is 0 Å². The Labute approximate surface area is 163 Å². The summed E-state index contributed by atoms with van der Waals surface area (Å²) in [7, 11) is 0. The maximum atomic E-state index is 12.7. The van der Waals surface area contributed by atoms with E-state index in [1.165, 1.54) is 16.9 Å². The highest BCUT2D eigenvalue weighted by Crippen LogP contribution is 2.30. The van der Waals surface area contributed by atoms with E-state index in [-0.39, 0.29) is 12.6 Å². The van der Waals surface area contributed by atoms with E-state index in [0.29, 0.717) is 18.8 Å². The van der Waals surface area contributed by atoms with Crippen LogP contribution in [0.1, 0.15) is 16.7 Å². The van der Waals surface area contributed by atoms with E-state index in [0.717, 1.165) is 28.8 Å². The molecule has 4 rings (SSSR count). The van der Waals surface area contributed by atoms with Gasteiger partial charge in [0.1, 0.15) is 6.61 Å². The van der Waals surface area contributed by atoms with Crippen LogP contribution >= 0.6 is 0 Å². The number of rotatable bonds is 5. The summed E-state index contributed by atoms with van der Waals surface area (Å²) in [5, 5.41) is 15.1. The number of hydrogen-bond donors (Lipinski definition) is 1. The summed E-state index contributed by atoms with van der Waals surface area (Å²) in [6, 6.07) is 12.2. The average molecular weight is 403 g/mol.